The van der Waals surface area contributed by atoms with Crippen LogP contribution in [0.2, 0.25) is 0 Å². The van der Waals surface area contributed by atoms with Crippen LogP contribution in [0.4, 0.5) is 4.39 Å². The van der Waals surface area contributed by atoms with E-state index < -0.39 is 5.54 Å². The third-order valence-corrected chi connectivity index (χ3v) is 5.23. The van der Waals surface area contributed by atoms with Crippen LogP contribution in [0.1, 0.15) is 20.8 Å². The Labute approximate surface area is 177 Å². The molecule has 3 rings (SSSR count). The summed E-state index contributed by atoms with van der Waals surface area (Å²) in [6.07, 6.45) is 1.33. The Morgan fingerprint density at radius 3 is 2.53 bits per heavy atom. The van der Waals surface area contributed by atoms with Gasteiger partial charge >= 0.3 is 0 Å². The fourth-order valence-corrected chi connectivity index (χ4v) is 3.86. The Morgan fingerprint density at radius 1 is 1.23 bits per heavy atom. The van der Waals surface area contributed by atoms with Crippen LogP contribution >= 0.6 is 11.3 Å². The van der Waals surface area contributed by atoms with E-state index in [0.717, 1.165) is 0 Å². The number of carbonyl (C=O) groups is 2. The van der Waals surface area contributed by atoms with Gasteiger partial charge in [0.15, 0.2) is 0 Å². The minimum absolute atomic E-state index is 0.111. The molecule has 2 heterocycles. The van der Waals surface area contributed by atoms with Gasteiger partial charge in [-0.25, -0.2) is 9.37 Å². The van der Waals surface area contributed by atoms with E-state index in [2.05, 4.69) is 10.3 Å². The van der Waals surface area contributed by atoms with Gasteiger partial charge in [0, 0.05) is 23.5 Å². The summed E-state index contributed by atoms with van der Waals surface area (Å²) in [6, 6.07) is 5.85. The summed E-state index contributed by atoms with van der Waals surface area (Å²) in [7, 11) is 1.51. The number of nitrogens with one attached hydrogen (secondary N) is 1. The normalized spacial score (nSPS) is 11.5. The molecule has 0 aliphatic rings. The van der Waals surface area contributed by atoms with E-state index in [1.165, 1.54) is 46.3 Å². The van der Waals surface area contributed by atoms with Gasteiger partial charge in [0.2, 0.25) is 11.8 Å². The minimum Gasteiger partial charge on any atom is -0.350 e. The van der Waals surface area contributed by atoms with Crippen LogP contribution in [0.5, 0.6) is 0 Å². The molecule has 0 radical (unpaired) electrons. The Hall–Kier alpha value is -3.07. The zero-order valence-electron chi connectivity index (χ0n) is 17.2. The monoisotopic (exact) mass is 430 g/mol. The van der Waals surface area contributed by atoms with Gasteiger partial charge in [-0.05, 0) is 38.5 Å². The Kier molecular flexibility index (Phi) is 6.02. The third kappa shape index (κ3) is 4.91. The Balaban J connectivity index is 1.83. The molecule has 0 bridgehead atoms. The van der Waals surface area contributed by atoms with Crippen molar-refractivity contribution in [3.63, 3.8) is 0 Å². The number of rotatable bonds is 5. The molecular formula is C21H23FN4O3S. The van der Waals surface area contributed by atoms with Gasteiger partial charge in [0.05, 0.1) is 18.3 Å². The molecule has 158 valence electrons. The van der Waals surface area contributed by atoms with Crippen molar-refractivity contribution in [3.05, 3.63) is 52.1 Å². The molecule has 0 spiro atoms. The van der Waals surface area contributed by atoms with Crippen molar-refractivity contribution in [1.82, 2.24) is 19.8 Å². The second-order valence-corrected chi connectivity index (χ2v) is 8.92. The molecule has 30 heavy (non-hydrogen) atoms. The summed E-state index contributed by atoms with van der Waals surface area (Å²) in [5.41, 5.74) is 0.582. The number of fused-ring (bicyclic) bond motifs is 1. The molecule has 0 atom stereocenters. The van der Waals surface area contributed by atoms with Crippen molar-refractivity contribution in [2.24, 2.45) is 0 Å². The minimum atomic E-state index is -0.400. The maximum Gasteiger partial charge on any atom is 0.263 e. The van der Waals surface area contributed by atoms with E-state index in [0.29, 0.717) is 21.3 Å². The van der Waals surface area contributed by atoms with E-state index in [1.807, 2.05) is 20.8 Å². The molecule has 0 aliphatic heterocycles. The Morgan fingerprint density at radius 2 is 1.90 bits per heavy atom. The number of halogens is 1. The summed E-state index contributed by atoms with van der Waals surface area (Å²) in [4.78, 5) is 43.7. The van der Waals surface area contributed by atoms with E-state index >= 15 is 0 Å². The number of hydrogen-bond donors (Lipinski definition) is 1. The van der Waals surface area contributed by atoms with Gasteiger partial charge in [0.1, 0.15) is 17.2 Å². The molecule has 0 saturated carbocycles. The number of likely N-dealkylation sites (N-methyl/N-ethyl adjacent to an activating group) is 1. The van der Waals surface area contributed by atoms with Crippen LogP contribution in [-0.2, 0) is 16.1 Å². The largest absolute Gasteiger partial charge is 0.350 e. The van der Waals surface area contributed by atoms with E-state index in [1.54, 1.807) is 17.5 Å². The summed E-state index contributed by atoms with van der Waals surface area (Å²) in [6.45, 7) is 5.21. The highest BCUT2D eigenvalue weighted by Crippen LogP contribution is 2.30. The predicted octanol–water partition coefficient (Wildman–Crippen LogP) is 2.64. The summed E-state index contributed by atoms with van der Waals surface area (Å²) < 4.78 is 14.5. The molecule has 9 heteroatoms. The van der Waals surface area contributed by atoms with Gasteiger partial charge in [-0.2, -0.15) is 0 Å². The number of benzene rings is 1. The second kappa shape index (κ2) is 8.35. The molecule has 2 aromatic heterocycles. The lowest BCUT2D eigenvalue weighted by molar-refractivity contribution is -0.135. The number of nitrogens with zero attached hydrogens (tertiary/aromatic N) is 3. The van der Waals surface area contributed by atoms with Crippen LogP contribution in [0.25, 0.3) is 21.3 Å². The average molecular weight is 431 g/mol. The van der Waals surface area contributed by atoms with E-state index in [9.17, 15) is 18.8 Å². The lowest BCUT2D eigenvalue weighted by Crippen LogP contribution is -2.47. The fraction of sp³-hybridized carbons (Fsp3) is 0.333. The Bertz CT molecular complexity index is 1150. The first-order valence-electron chi connectivity index (χ1n) is 9.33. The number of hydrogen-bond acceptors (Lipinski definition) is 5. The zero-order chi connectivity index (χ0) is 22.1. The number of thiophene rings is 1. The molecule has 0 aliphatic carbocycles. The average Bonchev–Trinajstić information content (AvgIpc) is 3.07. The predicted molar refractivity (Wildman–Crippen MR) is 115 cm³/mol. The van der Waals surface area contributed by atoms with Gasteiger partial charge in [-0.3, -0.25) is 19.0 Å². The highest BCUT2D eigenvalue weighted by molar-refractivity contribution is 7.17. The highest BCUT2D eigenvalue weighted by atomic mass is 32.1. The molecule has 2 amide bonds. The number of aromatic nitrogens is 2. The van der Waals surface area contributed by atoms with Gasteiger partial charge in [-0.1, -0.05) is 12.1 Å². The topological polar surface area (TPSA) is 84.3 Å². The summed E-state index contributed by atoms with van der Waals surface area (Å²) in [5, 5.41) is 4.97. The molecule has 0 fully saturated rings. The van der Waals surface area contributed by atoms with Gasteiger partial charge < -0.3 is 10.2 Å². The second-order valence-electron chi connectivity index (χ2n) is 8.06. The van der Waals surface area contributed by atoms with Gasteiger partial charge in [-0.15, -0.1) is 11.3 Å². The number of amides is 2. The van der Waals surface area contributed by atoms with Crippen molar-refractivity contribution in [2.45, 2.75) is 32.9 Å². The molecular weight excluding hydrogens is 407 g/mol. The first-order valence-corrected chi connectivity index (χ1v) is 10.2. The first kappa shape index (κ1) is 21.6. The lowest BCUT2D eigenvalue weighted by atomic mass is 10.1. The van der Waals surface area contributed by atoms with Crippen LogP contribution in [0, 0.1) is 5.82 Å². The fourth-order valence-electron chi connectivity index (χ4n) is 2.95. The van der Waals surface area contributed by atoms with Crippen molar-refractivity contribution in [2.75, 3.05) is 13.6 Å². The summed E-state index contributed by atoms with van der Waals surface area (Å²) >= 11 is 1.31. The number of carbonyl (C=O) groups excluding carboxylic acids is 2. The van der Waals surface area contributed by atoms with Crippen molar-refractivity contribution in [3.8, 4) is 11.1 Å². The zero-order valence-corrected chi connectivity index (χ0v) is 18.0. The van der Waals surface area contributed by atoms with E-state index in [-0.39, 0.29) is 36.3 Å². The smallest absolute Gasteiger partial charge is 0.263 e. The first-order chi connectivity index (χ1) is 14.0. The lowest BCUT2D eigenvalue weighted by Gasteiger charge is -2.23. The van der Waals surface area contributed by atoms with Crippen molar-refractivity contribution >= 4 is 33.4 Å². The quantitative estimate of drug-likeness (QED) is 0.675. The van der Waals surface area contributed by atoms with Crippen LogP contribution < -0.4 is 10.9 Å². The van der Waals surface area contributed by atoms with Crippen molar-refractivity contribution < 1.29 is 14.0 Å². The maximum atomic E-state index is 13.2. The molecule has 0 unspecified atom stereocenters. The van der Waals surface area contributed by atoms with Crippen LogP contribution in [0.3, 0.4) is 0 Å². The maximum absolute atomic E-state index is 13.2. The van der Waals surface area contributed by atoms with Crippen LogP contribution in [0.15, 0.2) is 40.8 Å². The molecule has 3 aromatic rings. The SMILES string of the molecule is CN(CC(=O)NC(C)(C)C)C(=O)Cn1cnc2scc(-c3ccc(F)cc3)c2c1=O. The molecule has 7 nitrogen and oxygen atoms in total. The molecule has 1 aromatic carbocycles. The van der Waals surface area contributed by atoms with Crippen LogP contribution in [-0.4, -0.2) is 45.4 Å². The standard InChI is InChI=1S/C21H23FN4O3S/c1-21(2,3)24-16(27)9-25(4)17(28)10-26-12-23-19-18(20(26)29)15(11-30-19)13-5-7-14(22)8-6-13/h5-8,11-12H,9-10H2,1-4H3,(H,24,27). The highest BCUT2D eigenvalue weighted by Gasteiger charge is 2.19. The molecule has 1 N–H and O–H groups in total. The van der Waals surface area contributed by atoms with E-state index in [4.69, 9.17) is 0 Å². The van der Waals surface area contributed by atoms with Gasteiger partial charge in [0.25, 0.3) is 5.56 Å². The summed E-state index contributed by atoms with van der Waals surface area (Å²) in [5.74, 6) is -1.03. The van der Waals surface area contributed by atoms with Crippen molar-refractivity contribution in [1.29, 1.82) is 0 Å². The molecule has 0 saturated heterocycles. The third-order valence-electron chi connectivity index (χ3n) is 4.34.